The van der Waals surface area contributed by atoms with Crippen molar-refractivity contribution in [2.45, 2.75) is 33.7 Å². The van der Waals surface area contributed by atoms with E-state index in [0.717, 1.165) is 10.9 Å². The molecular formula is C17H20FNO2. The van der Waals surface area contributed by atoms with Crippen molar-refractivity contribution < 1.29 is 13.9 Å². The highest BCUT2D eigenvalue weighted by Gasteiger charge is 2.15. The summed E-state index contributed by atoms with van der Waals surface area (Å²) >= 11 is 0. The van der Waals surface area contributed by atoms with Crippen LogP contribution in [0.2, 0.25) is 0 Å². The molecule has 0 bridgehead atoms. The van der Waals surface area contributed by atoms with Crippen molar-refractivity contribution >= 4 is 22.4 Å². The lowest BCUT2D eigenvalue weighted by atomic mass is 10.0. The normalized spacial score (nSPS) is 12.7. The fraction of sp³-hybridized carbons (Fsp3) is 0.353. The molecule has 0 radical (unpaired) electrons. The Bertz CT molecular complexity index is 698. The molecule has 3 nitrogen and oxygen atoms in total. The predicted octanol–water partition coefficient (Wildman–Crippen LogP) is 4.49. The summed E-state index contributed by atoms with van der Waals surface area (Å²) in [6.45, 7) is 7.63. The molecule has 0 saturated carbocycles. The van der Waals surface area contributed by atoms with Gasteiger partial charge in [0, 0.05) is 23.1 Å². The van der Waals surface area contributed by atoms with Crippen LogP contribution in [0.4, 0.5) is 4.39 Å². The van der Waals surface area contributed by atoms with E-state index < -0.39 is 11.8 Å². The molecule has 112 valence electrons. The third kappa shape index (κ3) is 2.99. The van der Waals surface area contributed by atoms with Gasteiger partial charge >= 0.3 is 5.97 Å². The Morgan fingerprint density at radius 2 is 2.05 bits per heavy atom. The van der Waals surface area contributed by atoms with E-state index in [1.54, 1.807) is 13.8 Å². The Kier molecular flexibility index (Phi) is 4.46. The Morgan fingerprint density at radius 1 is 1.33 bits per heavy atom. The summed E-state index contributed by atoms with van der Waals surface area (Å²) in [6, 6.07) is 8.03. The van der Waals surface area contributed by atoms with E-state index in [1.807, 2.05) is 30.5 Å². The maximum absolute atomic E-state index is 14.0. The number of fused-ring (bicyclic) bond motifs is 1. The third-order valence-corrected chi connectivity index (χ3v) is 3.49. The van der Waals surface area contributed by atoms with Crippen molar-refractivity contribution in [3.05, 3.63) is 41.9 Å². The van der Waals surface area contributed by atoms with Gasteiger partial charge in [-0.15, -0.1) is 0 Å². The minimum Gasteiger partial charge on any atom is -0.461 e. The molecule has 1 aromatic heterocycles. The Balaban J connectivity index is 2.44. The van der Waals surface area contributed by atoms with Crippen molar-refractivity contribution in [1.29, 1.82) is 0 Å². The van der Waals surface area contributed by atoms with Crippen LogP contribution in [0.25, 0.3) is 16.5 Å². The quantitative estimate of drug-likeness (QED) is 0.613. The number of aromatic nitrogens is 1. The number of halogens is 1. The van der Waals surface area contributed by atoms with E-state index in [-0.39, 0.29) is 6.61 Å². The summed E-state index contributed by atoms with van der Waals surface area (Å²) in [5.74, 6) is -1.74. The summed E-state index contributed by atoms with van der Waals surface area (Å²) in [5, 5.41) is 1.03. The number of hydrogen-bond acceptors (Lipinski definition) is 2. The summed E-state index contributed by atoms with van der Waals surface area (Å²) in [7, 11) is 0. The molecule has 0 amide bonds. The topological polar surface area (TPSA) is 31.2 Å². The van der Waals surface area contributed by atoms with Gasteiger partial charge in [-0.25, -0.2) is 4.79 Å². The van der Waals surface area contributed by atoms with Gasteiger partial charge in [-0.3, -0.25) is 0 Å². The first-order valence-corrected chi connectivity index (χ1v) is 7.10. The summed E-state index contributed by atoms with van der Waals surface area (Å²) in [6.07, 6.45) is 2.01. The van der Waals surface area contributed by atoms with Crippen LogP contribution in [-0.4, -0.2) is 17.1 Å². The average molecular weight is 289 g/mol. The van der Waals surface area contributed by atoms with E-state index in [9.17, 15) is 9.18 Å². The number of carbonyl (C=O) groups is 1. The monoisotopic (exact) mass is 289 g/mol. The second-order valence-electron chi connectivity index (χ2n) is 5.25. The highest BCUT2D eigenvalue weighted by molar-refractivity contribution is 5.96. The number of carbonyl (C=O) groups excluding carboxylic acids is 1. The number of hydrogen-bond donors (Lipinski definition) is 0. The van der Waals surface area contributed by atoms with Crippen molar-refractivity contribution in [3.63, 3.8) is 0 Å². The molecule has 0 saturated heterocycles. The minimum atomic E-state index is -0.908. The molecule has 0 fully saturated rings. The minimum absolute atomic E-state index is 0.163. The number of benzene rings is 1. The molecule has 0 aliphatic heterocycles. The average Bonchev–Trinajstić information content (AvgIpc) is 2.89. The number of esters is 1. The molecule has 2 rings (SSSR count). The molecule has 0 unspecified atom stereocenters. The SMILES string of the molecule is CCOC(=O)C(F)=C(C)c1ccc2c(ccn2C(C)C)c1. The van der Waals surface area contributed by atoms with Crippen molar-refractivity contribution in [2.75, 3.05) is 6.61 Å². The molecule has 21 heavy (non-hydrogen) atoms. The molecule has 1 heterocycles. The van der Waals surface area contributed by atoms with Gasteiger partial charge in [0.05, 0.1) is 6.61 Å². The van der Waals surface area contributed by atoms with Crippen LogP contribution in [0.15, 0.2) is 36.3 Å². The van der Waals surface area contributed by atoms with Gasteiger partial charge in [-0.2, -0.15) is 4.39 Å². The highest BCUT2D eigenvalue weighted by atomic mass is 19.1. The Hall–Kier alpha value is -2.10. The molecule has 0 atom stereocenters. The number of ether oxygens (including phenoxy) is 1. The van der Waals surface area contributed by atoms with E-state index in [0.29, 0.717) is 17.2 Å². The van der Waals surface area contributed by atoms with Crippen molar-refractivity contribution in [3.8, 4) is 0 Å². The molecule has 0 aliphatic carbocycles. The molecule has 0 spiro atoms. The maximum atomic E-state index is 14.0. The first kappa shape index (κ1) is 15.3. The van der Waals surface area contributed by atoms with Gasteiger partial charge in [0.25, 0.3) is 0 Å². The number of allylic oxidation sites excluding steroid dienone is 1. The van der Waals surface area contributed by atoms with Gasteiger partial charge in [0.2, 0.25) is 5.83 Å². The van der Waals surface area contributed by atoms with Crippen LogP contribution < -0.4 is 0 Å². The van der Waals surface area contributed by atoms with Gasteiger partial charge in [-0.05, 0) is 57.0 Å². The van der Waals surface area contributed by atoms with E-state index in [1.165, 1.54) is 0 Å². The zero-order chi connectivity index (χ0) is 15.6. The lowest BCUT2D eigenvalue weighted by molar-refractivity contribution is -0.140. The molecule has 0 aliphatic rings. The van der Waals surface area contributed by atoms with Crippen LogP contribution in [0, 0.1) is 0 Å². The van der Waals surface area contributed by atoms with Gasteiger partial charge in [-0.1, -0.05) is 6.07 Å². The highest BCUT2D eigenvalue weighted by Crippen LogP contribution is 2.26. The first-order chi connectivity index (χ1) is 9.95. The number of rotatable bonds is 4. The van der Waals surface area contributed by atoms with Crippen molar-refractivity contribution in [2.24, 2.45) is 0 Å². The van der Waals surface area contributed by atoms with Gasteiger partial charge in [0.1, 0.15) is 0 Å². The summed E-state index contributed by atoms with van der Waals surface area (Å²) in [5.41, 5.74) is 2.08. The second-order valence-corrected chi connectivity index (χ2v) is 5.25. The molecule has 4 heteroatoms. The van der Waals surface area contributed by atoms with Crippen LogP contribution in [0.3, 0.4) is 0 Å². The van der Waals surface area contributed by atoms with Gasteiger partial charge in [0.15, 0.2) is 0 Å². The Morgan fingerprint density at radius 3 is 2.67 bits per heavy atom. The first-order valence-electron chi connectivity index (χ1n) is 7.10. The van der Waals surface area contributed by atoms with Crippen LogP contribution >= 0.6 is 0 Å². The second kappa shape index (κ2) is 6.12. The molecule has 2 aromatic rings. The molecule has 1 aromatic carbocycles. The fourth-order valence-corrected chi connectivity index (χ4v) is 2.32. The van der Waals surface area contributed by atoms with Crippen LogP contribution in [0.5, 0.6) is 0 Å². The lowest BCUT2D eigenvalue weighted by Crippen LogP contribution is -2.05. The molecule has 0 N–H and O–H groups in total. The Labute approximate surface area is 124 Å². The predicted molar refractivity (Wildman–Crippen MR) is 82.7 cm³/mol. The summed E-state index contributed by atoms with van der Waals surface area (Å²) < 4.78 is 20.8. The maximum Gasteiger partial charge on any atom is 0.367 e. The van der Waals surface area contributed by atoms with E-state index in [2.05, 4.69) is 18.4 Å². The zero-order valence-electron chi connectivity index (χ0n) is 12.8. The standard InChI is InChI=1S/C17H20FNO2/c1-5-21-17(20)16(18)12(4)13-6-7-15-14(10-13)8-9-19(15)11(2)3/h6-11H,5H2,1-4H3. The van der Waals surface area contributed by atoms with Crippen LogP contribution in [-0.2, 0) is 9.53 Å². The molecular weight excluding hydrogens is 269 g/mol. The third-order valence-electron chi connectivity index (χ3n) is 3.49. The fourth-order valence-electron chi connectivity index (χ4n) is 2.32. The van der Waals surface area contributed by atoms with E-state index in [4.69, 9.17) is 4.74 Å². The van der Waals surface area contributed by atoms with Crippen LogP contribution in [0.1, 0.15) is 39.3 Å². The van der Waals surface area contributed by atoms with Crippen molar-refractivity contribution in [1.82, 2.24) is 4.57 Å². The smallest absolute Gasteiger partial charge is 0.367 e. The van der Waals surface area contributed by atoms with Gasteiger partial charge < -0.3 is 9.30 Å². The zero-order valence-corrected chi connectivity index (χ0v) is 12.8. The summed E-state index contributed by atoms with van der Waals surface area (Å²) in [4.78, 5) is 11.5. The largest absolute Gasteiger partial charge is 0.461 e. The number of nitrogens with zero attached hydrogens (tertiary/aromatic N) is 1. The lowest BCUT2D eigenvalue weighted by Gasteiger charge is -2.10. The van der Waals surface area contributed by atoms with E-state index >= 15 is 0 Å².